The minimum absolute atomic E-state index is 0.146. The molecule has 1 amide bonds. The molecule has 0 atom stereocenters. The molecular formula is C24H23N3O3. The van der Waals surface area contributed by atoms with Gasteiger partial charge >= 0.3 is 0 Å². The van der Waals surface area contributed by atoms with Crippen molar-refractivity contribution in [3.63, 3.8) is 0 Å². The Hall–Kier alpha value is -3.93. The number of hydrogen-bond donors (Lipinski definition) is 1. The average Bonchev–Trinajstić information content (AvgIpc) is 2.77. The van der Waals surface area contributed by atoms with Gasteiger partial charge in [0.05, 0.1) is 0 Å². The van der Waals surface area contributed by atoms with Crippen LogP contribution in [0.2, 0.25) is 0 Å². The van der Waals surface area contributed by atoms with Crippen molar-refractivity contribution in [2.24, 2.45) is 7.05 Å². The number of carbonyl (C=O) groups excluding carboxylic acids is 1. The molecule has 0 aliphatic carbocycles. The second-order valence-corrected chi connectivity index (χ2v) is 6.73. The van der Waals surface area contributed by atoms with E-state index in [0.717, 1.165) is 11.1 Å². The number of aromatic nitrogens is 2. The normalized spacial score (nSPS) is 12.0. The third-order valence-electron chi connectivity index (χ3n) is 4.59. The van der Waals surface area contributed by atoms with Crippen LogP contribution in [0.1, 0.15) is 11.1 Å². The zero-order chi connectivity index (χ0) is 21.5. The molecule has 0 fully saturated rings. The largest absolute Gasteiger partial charge is 0.351 e. The van der Waals surface area contributed by atoms with E-state index in [4.69, 9.17) is 0 Å². The summed E-state index contributed by atoms with van der Waals surface area (Å²) in [7, 11) is 1.56. The molecule has 0 saturated carbocycles. The standard InChI is InChI=1S/C24H23N3O3/c1-3-14-25-22(28)17-27-21(16-19-12-8-5-9-13-19)23(29)26(2)20(24(27)30)15-18-10-6-4-7-11-18/h3-13,15-16H,1,14,17H2,2H3,(H,25,28)/b20-15-,21-16-. The van der Waals surface area contributed by atoms with E-state index in [1.54, 1.807) is 25.3 Å². The highest BCUT2D eigenvalue weighted by Gasteiger charge is 2.12. The molecule has 0 unspecified atom stereocenters. The van der Waals surface area contributed by atoms with Gasteiger partial charge in [-0.15, -0.1) is 6.58 Å². The highest BCUT2D eigenvalue weighted by molar-refractivity contribution is 5.75. The molecule has 3 aromatic rings. The Labute approximate surface area is 173 Å². The van der Waals surface area contributed by atoms with Crippen LogP contribution in [-0.4, -0.2) is 21.6 Å². The van der Waals surface area contributed by atoms with Crippen molar-refractivity contribution < 1.29 is 4.79 Å². The lowest BCUT2D eigenvalue weighted by Crippen LogP contribution is -2.58. The number of amides is 1. The molecule has 0 radical (unpaired) electrons. The van der Waals surface area contributed by atoms with E-state index < -0.39 is 5.56 Å². The molecule has 1 heterocycles. The molecule has 6 heteroatoms. The zero-order valence-corrected chi connectivity index (χ0v) is 16.7. The molecule has 2 aromatic carbocycles. The van der Waals surface area contributed by atoms with Crippen LogP contribution >= 0.6 is 0 Å². The van der Waals surface area contributed by atoms with Crippen LogP contribution in [-0.2, 0) is 18.4 Å². The Bertz CT molecular complexity index is 1290. The first-order valence-electron chi connectivity index (χ1n) is 9.52. The van der Waals surface area contributed by atoms with Gasteiger partial charge in [0.2, 0.25) is 5.91 Å². The summed E-state index contributed by atoms with van der Waals surface area (Å²) in [6, 6.07) is 18.5. The van der Waals surface area contributed by atoms with E-state index in [1.165, 1.54) is 9.13 Å². The van der Waals surface area contributed by atoms with Gasteiger partial charge in [-0.05, 0) is 23.3 Å². The van der Waals surface area contributed by atoms with Gasteiger partial charge in [0.25, 0.3) is 11.1 Å². The molecule has 0 aliphatic heterocycles. The van der Waals surface area contributed by atoms with Crippen LogP contribution in [0, 0.1) is 0 Å². The minimum atomic E-state index is -0.420. The Morgan fingerprint density at radius 2 is 1.43 bits per heavy atom. The lowest BCUT2D eigenvalue weighted by atomic mass is 10.2. The van der Waals surface area contributed by atoms with Crippen LogP contribution in [0.25, 0.3) is 12.2 Å². The first kappa shape index (κ1) is 20.8. The van der Waals surface area contributed by atoms with Crippen molar-refractivity contribution >= 4 is 18.1 Å². The summed E-state index contributed by atoms with van der Waals surface area (Å²) in [4.78, 5) is 38.8. The van der Waals surface area contributed by atoms with Crippen LogP contribution in [0.15, 0.2) is 82.9 Å². The molecule has 1 aromatic heterocycles. The quantitative estimate of drug-likeness (QED) is 0.612. The molecule has 3 rings (SSSR count). The lowest BCUT2D eigenvalue weighted by molar-refractivity contribution is -0.121. The fraction of sp³-hybridized carbons (Fsp3) is 0.125. The van der Waals surface area contributed by atoms with Gasteiger partial charge in [-0.2, -0.15) is 0 Å². The smallest absolute Gasteiger partial charge is 0.275 e. The van der Waals surface area contributed by atoms with Gasteiger partial charge in [0.1, 0.15) is 17.2 Å². The second kappa shape index (κ2) is 9.52. The summed E-state index contributed by atoms with van der Waals surface area (Å²) >= 11 is 0. The molecule has 6 nitrogen and oxygen atoms in total. The second-order valence-electron chi connectivity index (χ2n) is 6.73. The van der Waals surface area contributed by atoms with Crippen molar-refractivity contribution in [1.82, 2.24) is 14.5 Å². The highest BCUT2D eigenvalue weighted by Crippen LogP contribution is 1.98. The average molecular weight is 401 g/mol. The number of carbonyl (C=O) groups is 1. The molecule has 0 spiro atoms. The summed E-state index contributed by atoms with van der Waals surface area (Å²) < 4.78 is 2.55. The van der Waals surface area contributed by atoms with Gasteiger partial charge in [0.15, 0.2) is 0 Å². The topological polar surface area (TPSA) is 73.1 Å². The first-order chi connectivity index (χ1) is 14.5. The first-order valence-corrected chi connectivity index (χ1v) is 9.52. The fourth-order valence-electron chi connectivity index (χ4n) is 3.04. The number of nitrogens with one attached hydrogen (secondary N) is 1. The van der Waals surface area contributed by atoms with Crippen LogP contribution < -0.4 is 27.1 Å². The van der Waals surface area contributed by atoms with Crippen molar-refractivity contribution in [2.75, 3.05) is 6.54 Å². The van der Waals surface area contributed by atoms with E-state index in [9.17, 15) is 14.4 Å². The Morgan fingerprint density at radius 3 is 1.97 bits per heavy atom. The SMILES string of the molecule is C=CCNC(=O)Cn1c(=O)/c(=C/c2ccccc2)n(C)c(=O)/c1=C/c1ccccc1. The third-order valence-corrected chi connectivity index (χ3v) is 4.59. The summed E-state index contributed by atoms with van der Waals surface area (Å²) in [6.07, 6.45) is 4.82. The van der Waals surface area contributed by atoms with Crippen LogP contribution in [0.3, 0.4) is 0 Å². The van der Waals surface area contributed by atoms with Gasteiger partial charge in [-0.3, -0.25) is 19.0 Å². The Morgan fingerprint density at radius 1 is 0.900 bits per heavy atom. The monoisotopic (exact) mass is 401 g/mol. The van der Waals surface area contributed by atoms with Gasteiger partial charge in [-0.25, -0.2) is 0 Å². The number of rotatable bonds is 6. The summed E-state index contributed by atoms with van der Waals surface area (Å²) in [6.45, 7) is 3.58. The summed E-state index contributed by atoms with van der Waals surface area (Å²) in [5, 5.41) is 3.00. The summed E-state index contributed by atoms with van der Waals surface area (Å²) in [5.41, 5.74) is 0.759. The van der Waals surface area contributed by atoms with E-state index in [1.807, 2.05) is 60.7 Å². The van der Waals surface area contributed by atoms with Crippen molar-refractivity contribution in [2.45, 2.75) is 6.54 Å². The van der Waals surface area contributed by atoms with Gasteiger partial charge < -0.3 is 9.88 Å². The number of benzene rings is 2. The summed E-state index contributed by atoms with van der Waals surface area (Å²) in [5.74, 6) is -0.376. The molecule has 0 saturated heterocycles. The Kier molecular flexibility index (Phi) is 6.60. The lowest BCUT2D eigenvalue weighted by Gasteiger charge is -2.10. The van der Waals surface area contributed by atoms with E-state index in [2.05, 4.69) is 11.9 Å². The van der Waals surface area contributed by atoms with Crippen LogP contribution in [0.4, 0.5) is 0 Å². The predicted molar refractivity (Wildman–Crippen MR) is 118 cm³/mol. The number of hydrogen-bond acceptors (Lipinski definition) is 3. The van der Waals surface area contributed by atoms with Crippen molar-refractivity contribution in [1.29, 1.82) is 0 Å². The highest BCUT2D eigenvalue weighted by atomic mass is 16.2. The molecule has 1 N–H and O–H groups in total. The maximum Gasteiger partial charge on any atom is 0.275 e. The van der Waals surface area contributed by atoms with E-state index in [0.29, 0.717) is 0 Å². The van der Waals surface area contributed by atoms with Gasteiger partial charge in [-0.1, -0.05) is 66.7 Å². The van der Waals surface area contributed by atoms with Crippen molar-refractivity contribution in [3.05, 3.63) is 116 Å². The van der Waals surface area contributed by atoms with Gasteiger partial charge in [0, 0.05) is 13.6 Å². The van der Waals surface area contributed by atoms with Crippen LogP contribution in [0.5, 0.6) is 0 Å². The molecule has 0 bridgehead atoms. The van der Waals surface area contributed by atoms with E-state index >= 15 is 0 Å². The van der Waals surface area contributed by atoms with Crippen molar-refractivity contribution in [3.8, 4) is 0 Å². The minimum Gasteiger partial charge on any atom is -0.351 e. The zero-order valence-electron chi connectivity index (χ0n) is 16.7. The maximum absolute atomic E-state index is 13.3. The Balaban J connectivity index is 2.30. The van der Waals surface area contributed by atoms with E-state index in [-0.39, 0.29) is 35.3 Å². The maximum atomic E-state index is 13.3. The molecule has 30 heavy (non-hydrogen) atoms. The third kappa shape index (κ3) is 4.72. The molecule has 152 valence electrons. The number of nitrogens with zero attached hydrogens (tertiary/aromatic N) is 2. The fourth-order valence-corrected chi connectivity index (χ4v) is 3.04. The molecule has 0 aliphatic rings. The predicted octanol–water partition coefficient (Wildman–Crippen LogP) is 0.507. The molecular weight excluding hydrogens is 378 g/mol.